The molecule has 3 rings (SSSR count). The second-order valence-corrected chi connectivity index (χ2v) is 8.15. The first-order valence-electron chi connectivity index (χ1n) is 9.47. The standard InChI is InChI=1S/C21H26N4O2S/c1-3-24(4-2)16-15-22-28(26,27)20-17-25(19-13-9-6-10-14-19)23-21(20)18-11-7-5-8-12-18/h5-14,17,22H,3-4,15-16H2,1-2H3. The summed E-state index contributed by atoms with van der Waals surface area (Å²) in [7, 11) is -3.70. The fourth-order valence-corrected chi connectivity index (χ4v) is 4.19. The van der Waals surface area contributed by atoms with Gasteiger partial charge in [-0.05, 0) is 25.2 Å². The summed E-state index contributed by atoms with van der Waals surface area (Å²) in [6, 6.07) is 18.9. The van der Waals surface area contributed by atoms with Crippen LogP contribution in [-0.4, -0.2) is 49.3 Å². The van der Waals surface area contributed by atoms with Crippen LogP contribution in [0.2, 0.25) is 0 Å². The Balaban J connectivity index is 1.95. The van der Waals surface area contributed by atoms with Gasteiger partial charge in [-0.15, -0.1) is 0 Å². The largest absolute Gasteiger partial charge is 0.303 e. The highest BCUT2D eigenvalue weighted by Crippen LogP contribution is 2.27. The van der Waals surface area contributed by atoms with Crippen LogP contribution >= 0.6 is 0 Å². The van der Waals surface area contributed by atoms with Crippen molar-refractivity contribution in [2.75, 3.05) is 26.2 Å². The molecule has 0 aliphatic heterocycles. The molecule has 7 heteroatoms. The normalized spacial score (nSPS) is 11.8. The SMILES string of the molecule is CCN(CC)CCNS(=O)(=O)c1cn(-c2ccccc2)nc1-c1ccccc1. The quantitative estimate of drug-likeness (QED) is 0.601. The molecular formula is C21H26N4O2S. The van der Waals surface area contributed by atoms with Crippen LogP contribution in [-0.2, 0) is 10.0 Å². The monoisotopic (exact) mass is 398 g/mol. The van der Waals surface area contributed by atoms with E-state index in [0.29, 0.717) is 18.8 Å². The summed E-state index contributed by atoms with van der Waals surface area (Å²) in [4.78, 5) is 2.36. The summed E-state index contributed by atoms with van der Waals surface area (Å²) in [5.41, 5.74) is 2.02. The van der Waals surface area contributed by atoms with Crippen molar-refractivity contribution in [3.63, 3.8) is 0 Å². The number of likely N-dealkylation sites (N-methyl/N-ethyl adjacent to an activating group) is 1. The van der Waals surface area contributed by atoms with E-state index in [1.807, 2.05) is 60.7 Å². The maximum absolute atomic E-state index is 13.0. The molecule has 0 amide bonds. The van der Waals surface area contributed by atoms with E-state index in [9.17, 15) is 8.42 Å². The van der Waals surface area contributed by atoms with E-state index in [1.54, 1.807) is 10.9 Å². The van der Waals surface area contributed by atoms with E-state index >= 15 is 0 Å². The molecule has 0 bridgehead atoms. The third kappa shape index (κ3) is 4.67. The van der Waals surface area contributed by atoms with Crippen molar-refractivity contribution >= 4 is 10.0 Å². The highest BCUT2D eigenvalue weighted by atomic mass is 32.2. The maximum Gasteiger partial charge on any atom is 0.244 e. The lowest BCUT2D eigenvalue weighted by Gasteiger charge is -2.17. The first kappa shape index (κ1) is 20.3. The van der Waals surface area contributed by atoms with E-state index in [2.05, 4.69) is 28.6 Å². The van der Waals surface area contributed by atoms with Crippen LogP contribution in [0.25, 0.3) is 16.9 Å². The average molecular weight is 399 g/mol. The molecule has 1 heterocycles. The summed E-state index contributed by atoms with van der Waals surface area (Å²) in [6.45, 7) is 6.93. The molecule has 0 spiro atoms. The van der Waals surface area contributed by atoms with Crippen molar-refractivity contribution in [1.29, 1.82) is 0 Å². The van der Waals surface area contributed by atoms with Gasteiger partial charge in [-0.2, -0.15) is 5.10 Å². The Morgan fingerprint density at radius 2 is 1.57 bits per heavy atom. The topological polar surface area (TPSA) is 67.2 Å². The number of nitrogens with one attached hydrogen (secondary N) is 1. The number of rotatable bonds is 9. The van der Waals surface area contributed by atoms with Crippen LogP contribution in [0.3, 0.4) is 0 Å². The number of sulfonamides is 1. The lowest BCUT2D eigenvalue weighted by Crippen LogP contribution is -2.34. The molecule has 0 atom stereocenters. The molecule has 6 nitrogen and oxygen atoms in total. The second kappa shape index (κ2) is 9.14. The van der Waals surface area contributed by atoms with Crippen LogP contribution in [0, 0.1) is 0 Å². The van der Waals surface area contributed by atoms with Crippen molar-refractivity contribution in [3.05, 3.63) is 66.9 Å². The minimum atomic E-state index is -3.70. The number of para-hydroxylation sites is 1. The molecule has 0 aliphatic rings. The minimum Gasteiger partial charge on any atom is -0.303 e. The number of hydrogen-bond acceptors (Lipinski definition) is 4. The predicted octanol–water partition coefficient (Wildman–Crippen LogP) is 3.16. The molecule has 3 aromatic rings. The summed E-state index contributed by atoms with van der Waals surface area (Å²) in [6.07, 6.45) is 1.58. The van der Waals surface area contributed by atoms with Gasteiger partial charge >= 0.3 is 0 Å². The zero-order chi connectivity index (χ0) is 20.0. The Morgan fingerprint density at radius 3 is 2.18 bits per heavy atom. The molecule has 0 saturated heterocycles. The molecule has 1 N–H and O–H groups in total. The van der Waals surface area contributed by atoms with Crippen LogP contribution in [0.5, 0.6) is 0 Å². The van der Waals surface area contributed by atoms with E-state index in [1.165, 1.54) is 0 Å². The molecule has 2 aromatic carbocycles. The van der Waals surface area contributed by atoms with E-state index in [0.717, 1.165) is 24.3 Å². The third-order valence-corrected chi connectivity index (χ3v) is 6.11. The molecule has 0 radical (unpaired) electrons. The number of benzene rings is 2. The smallest absolute Gasteiger partial charge is 0.244 e. The summed E-state index contributed by atoms with van der Waals surface area (Å²) in [5, 5.41) is 4.58. The van der Waals surface area contributed by atoms with Gasteiger partial charge in [-0.3, -0.25) is 0 Å². The Labute approximate surface area is 166 Å². The summed E-state index contributed by atoms with van der Waals surface area (Å²) >= 11 is 0. The molecule has 0 saturated carbocycles. The zero-order valence-corrected chi connectivity index (χ0v) is 17.1. The van der Waals surface area contributed by atoms with Crippen molar-refractivity contribution in [2.45, 2.75) is 18.7 Å². The number of hydrogen-bond donors (Lipinski definition) is 1. The number of aromatic nitrogens is 2. The van der Waals surface area contributed by atoms with Crippen molar-refractivity contribution < 1.29 is 8.42 Å². The van der Waals surface area contributed by atoms with E-state index in [-0.39, 0.29) is 4.90 Å². The van der Waals surface area contributed by atoms with Gasteiger partial charge in [0.25, 0.3) is 0 Å². The fraction of sp³-hybridized carbons (Fsp3) is 0.286. The highest BCUT2D eigenvalue weighted by Gasteiger charge is 2.24. The first-order chi connectivity index (χ1) is 13.5. The summed E-state index contributed by atoms with van der Waals surface area (Å²) in [5.74, 6) is 0. The lowest BCUT2D eigenvalue weighted by atomic mass is 10.2. The second-order valence-electron chi connectivity index (χ2n) is 6.41. The molecule has 0 unspecified atom stereocenters. The van der Waals surface area contributed by atoms with Crippen LogP contribution < -0.4 is 4.72 Å². The van der Waals surface area contributed by atoms with Gasteiger partial charge in [0.15, 0.2) is 0 Å². The van der Waals surface area contributed by atoms with Gasteiger partial charge in [-0.25, -0.2) is 17.8 Å². The lowest BCUT2D eigenvalue weighted by molar-refractivity contribution is 0.309. The van der Waals surface area contributed by atoms with Gasteiger partial charge in [-0.1, -0.05) is 62.4 Å². The zero-order valence-electron chi connectivity index (χ0n) is 16.2. The highest BCUT2D eigenvalue weighted by molar-refractivity contribution is 7.89. The van der Waals surface area contributed by atoms with Crippen LogP contribution in [0.4, 0.5) is 0 Å². The van der Waals surface area contributed by atoms with Gasteiger partial charge in [0.2, 0.25) is 10.0 Å². The van der Waals surface area contributed by atoms with Crippen molar-refractivity contribution in [2.24, 2.45) is 0 Å². The summed E-state index contributed by atoms with van der Waals surface area (Å²) < 4.78 is 30.4. The van der Waals surface area contributed by atoms with Gasteiger partial charge < -0.3 is 4.90 Å². The predicted molar refractivity (Wildman–Crippen MR) is 112 cm³/mol. The Hall–Kier alpha value is -2.48. The van der Waals surface area contributed by atoms with Gasteiger partial charge in [0, 0.05) is 18.7 Å². The Kier molecular flexibility index (Phi) is 6.61. The third-order valence-electron chi connectivity index (χ3n) is 4.65. The van der Waals surface area contributed by atoms with Crippen molar-refractivity contribution in [3.8, 4) is 16.9 Å². The Morgan fingerprint density at radius 1 is 0.964 bits per heavy atom. The van der Waals surface area contributed by atoms with Crippen LogP contribution in [0.1, 0.15) is 13.8 Å². The molecule has 1 aromatic heterocycles. The van der Waals surface area contributed by atoms with Crippen molar-refractivity contribution in [1.82, 2.24) is 19.4 Å². The minimum absolute atomic E-state index is 0.183. The average Bonchev–Trinajstić information content (AvgIpc) is 3.19. The molecule has 28 heavy (non-hydrogen) atoms. The molecule has 0 aliphatic carbocycles. The maximum atomic E-state index is 13.0. The van der Waals surface area contributed by atoms with E-state index in [4.69, 9.17) is 0 Å². The molecule has 0 fully saturated rings. The molecule has 148 valence electrons. The van der Waals surface area contributed by atoms with Crippen LogP contribution in [0.15, 0.2) is 71.8 Å². The fourth-order valence-electron chi connectivity index (χ4n) is 3.02. The van der Waals surface area contributed by atoms with E-state index < -0.39 is 10.0 Å². The van der Waals surface area contributed by atoms with Gasteiger partial charge in [0.1, 0.15) is 10.6 Å². The van der Waals surface area contributed by atoms with Gasteiger partial charge in [0.05, 0.1) is 11.9 Å². The Bertz CT molecular complexity index is 982. The number of nitrogens with zero attached hydrogens (tertiary/aromatic N) is 3. The first-order valence-corrected chi connectivity index (χ1v) is 11.0. The molecular weight excluding hydrogens is 372 g/mol.